The molecular weight excluding hydrogens is 225 g/mol. The molecule has 0 bridgehead atoms. The molecule has 0 saturated carbocycles. The SMILES string of the molecule is CCC(N)(Cc1ccc(F)cc1Cl)C(C)C. The van der Waals surface area contributed by atoms with E-state index in [0.29, 0.717) is 17.4 Å². The summed E-state index contributed by atoms with van der Waals surface area (Å²) in [7, 11) is 0. The minimum absolute atomic E-state index is 0.276. The first-order valence-corrected chi connectivity index (χ1v) is 5.99. The molecule has 0 heterocycles. The van der Waals surface area contributed by atoms with E-state index < -0.39 is 0 Å². The van der Waals surface area contributed by atoms with E-state index in [4.69, 9.17) is 17.3 Å². The second-order valence-electron chi connectivity index (χ2n) is 4.65. The van der Waals surface area contributed by atoms with Crippen LogP contribution in [0.5, 0.6) is 0 Å². The van der Waals surface area contributed by atoms with Crippen molar-refractivity contribution in [3.63, 3.8) is 0 Å². The van der Waals surface area contributed by atoms with Crippen molar-refractivity contribution in [1.29, 1.82) is 0 Å². The maximum Gasteiger partial charge on any atom is 0.124 e. The quantitative estimate of drug-likeness (QED) is 0.856. The second-order valence-corrected chi connectivity index (χ2v) is 5.06. The van der Waals surface area contributed by atoms with Gasteiger partial charge in [-0.3, -0.25) is 0 Å². The normalized spacial score (nSPS) is 15.2. The molecule has 1 atom stereocenters. The average Bonchev–Trinajstić information content (AvgIpc) is 2.22. The number of rotatable bonds is 4. The number of nitrogens with two attached hydrogens (primary N) is 1. The molecule has 1 aromatic rings. The zero-order chi connectivity index (χ0) is 12.3. The van der Waals surface area contributed by atoms with Gasteiger partial charge < -0.3 is 5.73 Å². The molecule has 3 heteroatoms. The van der Waals surface area contributed by atoms with E-state index in [0.717, 1.165) is 12.0 Å². The summed E-state index contributed by atoms with van der Waals surface area (Å²) in [5.74, 6) is 0.0519. The van der Waals surface area contributed by atoms with Crippen LogP contribution in [0.4, 0.5) is 4.39 Å². The lowest BCUT2D eigenvalue weighted by Gasteiger charge is -2.33. The summed E-state index contributed by atoms with van der Waals surface area (Å²) < 4.78 is 12.9. The number of halogens is 2. The Morgan fingerprint density at radius 3 is 2.50 bits per heavy atom. The zero-order valence-electron chi connectivity index (χ0n) is 10.1. The van der Waals surface area contributed by atoms with E-state index in [-0.39, 0.29) is 11.4 Å². The van der Waals surface area contributed by atoms with Gasteiger partial charge in [0.1, 0.15) is 5.82 Å². The summed E-state index contributed by atoms with van der Waals surface area (Å²) in [5, 5.41) is 0.462. The summed E-state index contributed by atoms with van der Waals surface area (Å²) >= 11 is 6.00. The van der Waals surface area contributed by atoms with Crippen LogP contribution in [0.15, 0.2) is 18.2 Å². The summed E-state index contributed by atoms with van der Waals surface area (Å²) in [5.41, 5.74) is 6.97. The fourth-order valence-corrected chi connectivity index (χ4v) is 1.99. The minimum atomic E-state index is -0.308. The molecule has 0 aliphatic heterocycles. The molecule has 2 N–H and O–H groups in total. The Bertz CT molecular complexity index is 365. The third-order valence-electron chi connectivity index (χ3n) is 3.34. The van der Waals surface area contributed by atoms with Crippen LogP contribution >= 0.6 is 11.6 Å². The Morgan fingerprint density at radius 2 is 2.06 bits per heavy atom. The fourth-order valence-electron chi connectivity index (χ4n) is 1.76. The molecule has 1 nitrogen and oxygen atoms in total. The molecule has 0 aliphatic rings. The summed E-state index contributed by atoms with van der Waals surface area (Å²) in [4.78, 5) is 0. The van der Waals surface area contributed by atoms with Gasteiger partial charge in [0.15, 0.2) is 0 Å². The predicted octanol–water partition coefficient (Wildman–Crippen LogP) is 3.79. The van der Waals surface area contributed by atoms with Gasteiger partial charge in [-0.1, -0.05) is 38.4 Å². The molecule has 0 saturated heterocycles. The average molecular weight is 244 g/mol. The van der Waals surface area contributed by atoms with E-state index in [1.165, 1.54) is 12.1 Å². The van der Waals surface area contributed by atoms with E-state index in [1.807, 2.05) is 0 Å². The Kier molecular flexibility index (Phi) is 4.34. The Morgan fingerprint density at radius 1 is 1.44 bits per heavy atom. The standard InChI is InChI=1S/C13H19ClFN/c1-4-13(16,9(2)3)8-10-5-6-11(15)7-12(10)14/h5-7,9H,4,8,16H2,1-3H3. The van der Waals surface area contributed by atoms with Crippen molar-refractivity contribution in [3.8, 4) is 0 Å². The number of benzene rings is 1. The third kappa shape index (κ3) is 2.96. The van der Waals surface area contributed by atoms with Crippen molar-refractivity contribution < 1.29 is 4.39 Å². The molecule has 90 valence electrons. The highest BCUT2D eigenvalue weighted by molar-refractivity contribution is 6.31. The Hall–Kier alpha value is -0.600. The lowest BCUT2D eigenvalue weighted by atomic mass is 9.80. The second kappa shape index (κ2) is 5.15. The first kappa shape index (κ1) is 13.5. The van der Waals surface area contributed by atoms with Crippen molar-refractivity contribution in [2.75, 3.05) is 0 Å². The molecule has 0 spiro atoms. The summed E-state index contributed by atoms with van der Waals surface area (Å²) in [6.07, 6.45) is 1.55. The lowest BCUT2D eigenvalue weighted by Crippen LogP contribution is -2.46. The van der Waals surface area contributed by atoms with Crippen LogP contribution in [-0.4, -0.2) is 5.54 Å². The van der Waals surface area contributed by atoms with Crippen molar-refractivity contribution in [1.82, 2.24) is 0 Å². The maximum absolute atomic E-state index is 12.9. The van der Waals surface area contributed by atoms with Crippen molar-refractivity contribution in [2.24, 2.45) is 11.7 Å². The van der Waals surface area contributed by atoms with Crippen LogP contribution in [0.2, 0.25) is 5.02 Å². The van der Waals surface area contributed by atoms with Gasteiger partial charge in [0, 0.05) is 10.6 Å². The van der Waals surface area contributed by atoms with Crippen LogP contribution in [0.25, 0.3) is 0 Å². The molecule has 0 radical (unpaired) electrons. The Labute approximate surface area is 102 Å². The van der Waals surface area contributed by atoms with Crippen LogP contribution in [-0.2, 0) is 6.42 Å². The van der Waals surface area contributed by atoms with Crippen LogP contribution < -0.4 is 5.73 Å². The maximum atomic E-state index is 12.9. The van der Waals surface area contributed by atoms with Crippen LogP contribution in [0.1, 0.15) is 32.8 Å². The molecule has 0 amide bonds. The van der Waals surface area contributed by atoms with Gasteiger partial charge >= 0.3 is 0 Å². The van der Waals surface area contributed by atoms with Crippen LogP contribution in [0.3, 0.4) is 0 Å². The first-order chi connectivity index (χ1) is 7.39. The highest BCUT2D eigenvalue weighted by Crippen LogP contribution is 2.27. The number of hydrogen-bond donors (Lipinski definition) is 1. The third-order valence-corrected chi connectivity index (χ3v) is 3.69. The molecule has 1 aromatic carbocycles. The minimum Gasteiger partial charge on any atom is -0.325 e. The number of hydrogen-bond acceptors (Lipinski definition) is 1. The fraction of sp³-hybridized carbons (Fsp3) is 0.538. The van der Waals surface area contributed by atoms with Crippen molar-refractivity contribution in [3.05, 3.63) is 34.6 Å². The smallest absolute Gasteiger partial charge is 0.124 e. The monoisotopic (exact) mass is 243 g/mol. The van der Waals surface area contributed by atoms with E-state index in [2.05, 4.69) is 20.8 Å². The van der Waals surface area contributed by atoms with Gasteiger partial charge in [-0.05, 0) is 36.5 Å². The molecule has 16 heavy (non-hydrogen) atoms. The van der Waals surface area contributed by atoms with Gasteiger partial charge in [-0.15, -0.1) is 0 Å². The highest BCUT2D eigenvalue weighted by Gasteiger charge is 2.27. The molecule has 0 fully saturated rings. The molecular formula is C13H19ClFN. The van der Waals surface area contributed by atoms with Gasteiger partial charge in [0.25, 0.3) is 0 Å². The zero-order valence-corrected chi connectivity index (χ0v) is 10.8. The van der Waals surface area contributed by atoms with E-state index >= 15 is 0 Å². The molecule has 1 rings (SSSR count). The van der Waals surface area contributed by atoms with Crippen molar-refractivity contribution >= 4 is 11.6 Å². The Balaban J connectivity index is 2.95. The van der Waals surface area contributed by atoms with Crippen molar-refractivity contribution in [2.45, 2.75) is 39.2 Å². The van der Waals surface area contributed by atoms with Gasteiger partial charge in [0.2, 0.25) is 0 Å². The summed E-state index contributed by atoms with van der Waals surface area (Å²) in [6.45, 7) is 6.26. The highest BCUT2D eigenvalue weighted by atomic mass is 35.5. The van der Waals surface area contributed by atoms with Gasteiger partial charge in [-0.25, -0.2) is 4.39 Å². The van der Waals surface area contributed by atoms with Gasteiger partial charge in [-0.2, -0.15) is 0 Å². The lowest BCUT2D eigenvalue weighted by molar-refractivity contribution is 0.296. The largest absolute Gasteiger partial charge is 0.325 e. The molecule has 1 unspecified atom stereocenters. The molecule has 0 aliphatic carbocycles. The first-order valence-electron chi connectivity index (χ1n) is 5.62. The topological polar surface area (TPSA) is 26.0 Å². The van der Waals surface area contributed by atoms with Gasteiger partial charge in [0.05, 0.1) is 0 Å². The van der Waals surface area contributed by atoms with E-state index in [9.17, 15) is 4.39 Å². The predicted molar refractivity (Wildman–Crippen MR) is 67.2 cm³/mol. The molecule has 0 aromatic heterocycles. The van der Waals surface area contributed by atoms with E-state index in [1.54, 1.807) is 6.07 Å². The summed E-state index contributed by atoms with van der Waals surface area (Å²) in [6, 6.07) is 4.49. The van der Waals surface area contributed by atoms with Crippen LogP contribution in [0, 0.1) is 11.7 Å².